The first-order valence-corrected chi connectivity index (χ1v) is 7.46. The van der Waals surface area contributed by atoms with Crippen molar-refractivity contribution in [3.05, 3.63) is 58.2 Å². The van der Waals surface area contributed by atoms with Gasteiger partial charge in [0.1, 0.15) is 17.3 Å². The minimum atomic E-state index is -0.469. The fourth-order valence-electron chi connectivity index (χ4n) is 2.41. The number of nitrogens with one attached hydrogen (secondary N) is 1. The van der Waals surface area contributed by atoms with Gasteiger partial charge in [-0.1, -0.05) is 44.2 Å². The van der Waals surface area contributed by atoms with Crippen LogP contribution in [0.3, 0.4) is 0 Å². The fourth-order valence-corrected chi connectivity index (χ4v) is 2.41. The molecule has 0 aliphatic rings. The van der Waals surface area contributed by atoms with E-state index in [4.69, 9.17) is 4.42 Å². The molecule has 2 aromatic heterocycles. The zero-order chi connectivity index (χ0) is 16.6. The Morgan fingerprint density at radius 3 is 2.57 bits per heavy atom. The molecule has 118 valence electrons. The van der Waals surface area contributed by atoms with Crippen LogP contribution in [0.2, 0.25) is 0 Å². The Kier molecular flexibility index (Phi) is 3.78. The first kappa shape index (κ1) is 15.1. The molecular formula is C18H18N2O3. The van der Waals surface area contributed by atoms with Crippen molar-refractivity contribution in [1.29, 1.82) is 0 Å². The number of aromatic nitrogens is 2. The summed E-state index contributed by atoms with van der Waals surface area (Å²) in [5, 5.41) is 10.1. The molecule has 0 saturated heterocycles. The van der Waals surface area contributed by atoms with Crippen LogP contribution in [0.1, 0.15) is 31.4 Å². The molecule has 3 aromatic rings. The molecule has 0 amide bonds. The predicted octanol–water partition coefficient (Wildman–Crippen LogP) is 3.83. The number of aryl methyl sites for hydroxylation is 1. The lowest BCUT2D eigenvalue weighted by atomic mass is 10.1. The molecule has 0 atom stereocenters. The molecular weight excluding hydrogens is 292 g/mol. The molecule has 0 aliphatic carbocycles. The van der Waals surface area contributed by atoms with Crippen molar-refractivity contribution in [1.82, 2.24) is 9.97 Å². The first-order valence-electron chi connectivity index (χ1n) is 7.46. The maximum atomic E-state index is 11.9. The van der Waals surface area contributed by atoms with E-state index in [1.807, 2.05) is 44.2 Å². The monoisotopic (exact) mass is 310 g/mol. The molecule has 3 rings (SSSR count). The summed E-state index contributed by atoms with van der Waals surface area (Å²) in [7, 11) is 0. The molecule has 23 heavy (non-hydrogen) atoms. The van der Waals surface area contributed by atoms with E-state index in [0.29, 0.717) is 17.1 Å². The summed E-state index contributed by atoms with van der Waals surface area (Å²) in [5.41, 5.74) is 1.58. The molecule has 0 radical (unpaired) electrons. The van der Waals surface area contributed by atoms with Gasteiger partial charge in [-0.15, -0.1) is 0 Å². The summed E-state index contributed by atoms with van der Waals surface area (Å²) in [5.74, 6) is 1.08. The van der Waals surface area contributed by atoms with Gasteiger partial charge in [0.25, 0.3) is 0 Å². The first-order chi connectivity index (χ1) is 11.0. The molecule has 0 spiro atoms. The van der Waals surface area contributed by atoms with Gasteiger partial charge in [0.05, 0.1) is 5.69 Å². The largest absolute Gasteiger partial charge is 0.501 e. The lowest BCUT2D eigenvalue weighted by molar-refractivity contribution is 0.429. The van der Waals surface area contributed by atoms with Gasteiger partial charge >= 0.3 is 0 Å². The lowest BCUT2D eigenvalue weighted by Gasteiger charge is -2.05. The molecule has 0 bridgehead atoms. The summed E-state index contributed by atoms with van der Waals surface area (Å²) in [6.07, 6.45) is 0. The number of benzene rings is 1. The van der Waals surface area contributed by atoms with Crippen LogP contribution in [-0.4, -0.2) is 15.1 Å². The van der Waals surface area contributed by atoms with E-state index in [1.165, 1.54) is 6.07 Å². The number of rotatable bonds is 3. The Labute approximate surface area is 133 Å². The quantitative estimate of drug-likeness (QED) is 0.770. The van der Waals surface area contributed by atoms with E-state index in [1.54, 1.807) is 6.92 Å². The molecule has 1 aromatic carbocycles. The van der Waals surface area contributed by atoms with Crippen LogP contribution in [0, 0.1) is 6.92 Å². The highest BCUT2D eigenvalue weighted by atomic mass is 16.4. The molecule has 0 aliphatic heterocycles. The average Bonchev–Trinajstić information content (AvgIpc) is 2.97. The fraction of sp³-hybridized carbons (Fsp3) is 0.222. The minimum Gasteiger partial charge on any atom is -0.501 e. The maximum Gasteiger partial charge on any atom is 0.227 e. The van der Waals surface area contributed by atoms with Crippen LogP contribution < -0.4 is 5.43 Å². The Bertz CT molecular complexity index is 892. The normalized spacial score (nSPS) is 11.1. The number of nitrogens with zero attached hydrogens (tertiary/aromatic N) is 1. The Morgan fingerprint density at radius 1 is 1.22 bits per heavy atom. The smallest absolute Gasteiger partial charge is 0.227 e. The topological polar surface area (TPSA) is 79.1 Å². The van der Waals surface area contributed by atoms with E-state index in [-0.39, 0.29) is 11.7 Å². The second-order valence-electron chi connectivity index (χ2n) is 5.77. The molecule has 5 nitrogen and oxygen atoms in total. The van der Waals surface area contributed by atoms with Gasteiger partial charge in [0, 0.05) is 17.5 Å². The zero-order valence-electron chi connectivity index (χ0n) is 13.3. The third-order valence-electron chi connectivity index (χ3n) is 3.59. The summed E-state index contributed by atoms with van der Waals surface area (Å²) >= 11 is 0. The maximum absolute atomic E-state index is 11.9. The van der Waals surface area contributed by atoms with E-state index in [2.05, 4.69) is 9.97 Å². The summed E-state index contributed by atoms with van der Waals surface area (Å²) in [4.78, 5) is 19.7. The molecule has 5 heteroatoms. The van der Waals surface area contributed by atoms with Crippen LogP contribution in [0.15, 0.2) is 45.6 Å². The number of H-pyrrole nitrogens is 1. The van der Waals surface area contributed by atoms with Crippen molar-refractivity contribution in [2.45, 2.75) is 26.7 Å². The van der Waals surface area contributed by atoms with Gasteiger partial charge in [0.15, 0.2) is 5.76 Å². The highest BCUT2D eigenvalue weighted by Gasteiger charge is 2.21. The molecule has 0 saturated carbocycles. The zero-order valence-corrected chi connectivity index (χ0v) is 13.3. The van der Waals surface area contributed by atoms with Crippen molar-refractivity contribution in [3.8, 4) is 28.5 Å². The van der Waals surface area contributed by atoms with Gasteiger partial charge in [-0.3, -0.25) is 4.79 Å². The third kappa shape index (κ3) is 2.77. The van der Waals surface area contributed by atoms with E-state index < -0.39 is 11.2 Å². The van der Waals surface area contributed by atoms with Crippen molar-refractivity contribution in [3.63, 3.8) is 0 Å². The van der Waals surface area contributed by atoms with Gasteiger partial charge in [-0.05, 0) is 6.92 Å². The van der Waals surface area contributed by atoms with E-state index >= 15 is 0 Å². The number of imidazole rings is 1. The molecule has 0 fully saturated rings. The van der Waals surface area contributed by atoms with Gasteiger partial charge in [-0.25, -0.2) is 4.98 Å². The standard InChI is InChI=1S/C18H18N2O3/c1-10(2)18-19-14(12-7-5-4-6-8-12)15(20-18)17-16(22)13(21)9-11(3)23-17/h4-10,22H,1-3H3,(H,19,20). The summed E-state index contributed by atoms with van der Waals surface area (Å²) < 4.78 is 5.61. The van der Waals surface area contributed by atoms with E-state index in [9.17, 15) is 9.90 Å². The summed E-state index contributed by atoms with van der Waals surface area (Å²) in [6.45, 7) is 5.71. The van der Waals surface area contributed by atoms with Crippen LogP contribution in [-0.2, 0) is 0 Å². The van der Waals surface area contributed by atoms with Crippen molar-refractivity contribution < 1.29 is 9.52 Å². The van der Waals surface area contributed by atoms with Crippen LogP contribution in [0.4, 0.5) is 0 Å². The molecule has 2 heterocycles. The average molecular weight is 310 g/mol. The van der Waals surface area contributed by atoms with Crippen LogP contribution >= 0.6 is 0 Å². The second kappa shape index (κ2) is 5.76. The second-order valence-corrected chi connectivity index (χ2v) is 5.77. The number of hydrogen-bond donors (Lipinski definition) is 2. The van der Waals surface area contributed by atoms with Crippen LogP contribution in [0.25, 0.3) is 22.7 Å². The molecule has 2 N–H and O–H groups in total. The SMILES string of the molecule is Cc1cc(=O)c(O)c(-c2[nH]c(C(C)C)nc2-c2ccccc2)o1. The lowest BCUT2D eigenvalue weighted by Crippen LogP contribution is -2.01. The van der Waals surface area contributed by atoms with Crippen molar-refractivity contribution in [2.24, 2.45) is 0 Å². The van der Waals surface area contributed by atoms with Gasteiger partial charge < -0.3 is 14.5 Å². The Balaban J connectivity index is 2.29. The minimum absolute atomic E-state index is 0.119. The van der Waals surface area contributed by atoms with E-state index in [0.717, 1.165) is 11.4 Å². The van der Waals surface area contributed by atoms with Crippen LogP contribution in [0.5, 0.6) is 5.75 Å². The van der Waals surface area contributed by atoms with Gasteiger partial charge in [-0.2, -0.15) is 0 Å². The Hall–Kier alpha value is -2.82. The molecule has 0 unspecified atom stereocenters. The predicted molar refractivity (Wildman–Crippen MR) is 88.5 cm³/mol. The third-order valence-corrected chi connectivity index (χ3v) is 3.59. The summed E-state index contributed by atoms with van der Waals surface area (Å²) in [6, 6.07) is 10.9. The Morgan fingerprint density at radius 2 is 1.91 bits per heavy atom. The van der Waals surface area contributed by atoms with Gasteiger partial charge in [0.2, 0.25) is 11.2 Å². The number of aromatic hydroxyl groups is 1. The van der Waals surface area contributed by atoms with Crippen molar-refractivity contribution in [2.75, 3.05) is 0 Å². The highest BCUT2D eigenvalue weighted by molar-refractivity contribution is 5.78. The number of aromatic amines is 1. The van der Waals surface area contributed by atoms with Crippen molar-refractivity contribution >= 4 is 0 Å². The highest BCUT2D eigenvalue weighted by Crippen LogP contribution is 2.35. The number of hydrogen-bond acceptors (Lipinski definition) is 4.